The molecule has 0 unspecified atom stereocenters. The van der Waals surface area contributed by atoms with Crippen molar-refractivity contribution in [3.63, 3.8) is 0 Å². The van der Waals surface area contributed by atoms with E-state index in [9.17, 15) is 14.4 Å². The first kappa shape index (κ1) is 15.3. The minimum absolute atomic E-state index is 0.0636. The Kier molecular flexibility index (Phi) is 3.42. The monoisotopic (exact) mass is 359 g/mol. The maximum atomic E-state index is 12.7. The number of fused-ring (bicyclic) bond motifs is 4. The summed E-state index contributed by atoms with van der Waals surface area (Å²) in [5, 5.41) is 10.4. The summed E-state index contributed by atoms with van der Waals surface area (Å²) in [5.74, 6) is -0.916. The van der Waals surface area contributed by atoms with Crippen molar-refractivity contribution in [2.75, 3.05) is 13.2 Å². The van der Waals surface area contributed by atoms with Crippen molar-refractivity contribution in [3.8, 4) is 0 Å². The van der Waals surface area contributed by atoms with Gasteiger partial charge in [-0.2, -0.15) is 0 Å². The zero-order valence-corrected chi connectivity index (χ0v) is 13.8. The number of benzene rings is 2. The normalized spacial score (nSPS) is 14.0. The van der Waals surface area contributed by atoms with Crippen LogP contribution in [-0.2, 0) is 0 Å². The van der Waals surface area contributed by atoms with Crippen LogP contribution in [0.25, 0.3) is 20.2 Å². The number of halogens is 1. The number of aliphatic hydroxyl groups excluding tert-OH is 1. The number of aliphatic hydroxyl groups is 1. The van der Waals surface area contributed by atoms with Gasteiger partial charge in [0.2, 0.25) is 0 Å². The van der Waals surface area contributed by atoms with Gasteiger partial charge < -0.3 is 5.11 Å². The molecule has 2 amide bonds. The first-order valence-corrected chi connectivity index (χ1v) is 8.38. The number of carbonyl (C=O) groups excluding carboxylic acids is 2. The van der Waals surface area contributed by atoms with Crippen molar-refractivity contribution in [2.24, 2.45) is 0 Å². The molecule has 1 aromatic heterocycles. The summed E-state index contributed by atoms with van der Waals surface area (Å²) >= 11 is 7.25. The Morgan fingerprint density at radius 2 is 1.83 bits per heavy atom. The molecule has 0 saturated carbocycles. The van der Waals surface area contributed by atoms with Gasteiger partial charge in [0.15, 0.2) is 5.43 Å². The van der Waals surface area contributed by atoms with Crippen molar-refractivity contribution in [1.29, 1.82) is 0 Å². The average molecular weight is 360 g/mol. The van der Waals surface area contributed by atoms with Crippen LogP contribution >= 0.6 is 22.9 Å². The minimum atomic E-state index is -0.474. The van der Waals surface area contributed by atoms with Crippen molar-refractivity contribution < 1.29 is 14.7 Å². The summed E-state index contributed by atoms with van der Waals surface area (Å²) < 4.78 is 1.19. The van der Waals surface area contributed by atoms with Crippen LogP contribution in [0, 0.1) is 0 Å². The highest BCUT2D eigenvalue weighted by atomic mass is 35.5. The van der Waals surface area contributed by atoms with E-state index in [1.807, 2.05) is 0 Å². The molecule has 1 aliphatic rings. The molecule has 0 fully saturated rings. The smallest absolute Gasteiger partial charge is 0.263 e. The molecule has 5 nitrogen and oxygen atoms in total. The molecule has 0 bridgehead atoms. The van der Waals surface area contributed by atoms with E-state index in [-0.39, 0.29) is 29.7 Å². The van der Waals surface area contributed by atoms with Crippen LogP contribution in [0.1, 0.15) is 20.7 Å². The topological polar surface area (TPSA) is 74.7 Å². The second kappa shape index (κ2) is 5.37. The Morgan fingerprint density at radius 1 is 1.04 bits per heavy atom. The third kappa shape index (κ3) is 2.00. The van der Waals surface area contributed by atoms with Gasteiger partial charge in [0.05, 0.1) is 29.0 Å². The van der Waals surface area contributed by atoms with Gasteiger partial charge in [-0.1, -0.05) is 11.6 Å². The second-order valence-electron chi connectivity index (χ2n) is 5.42. The van der Waals surface area contributed by atoms with Crippen LogP contribution in [0.5, 0.6) is 0 Å². The van der Waals surface area contributed by atoms with Crippen molar-refractivity contribution in [2.45, 2.75) is 0 Å². The maximum Gasteiger partial charge on any atom is 0.263 e. The second-order valence-corrected chi connectivity index (χ2v) is 6.91. The van der Waals surface area contributed by atoms with Gasteiger partial charge in [0.1, 0.15) is 0 Å². The van der Waals surface area contributed by atoms with Gasteiger partial charge in [-0.25, -0.2) is 0 Å². The van der Waals surface area contributed by atoms with Crippen molar-refractivity contribution in [3.05, 3.63) is 56.7 Å². The van der Waals surface area contributed by atoms with Crippen LogP contribution in [0.3, 0.4) is 0 Å². The van der Waals surface area contributed by atoms with Crippen molar-refractivity contribution >= 4 is 54.9 Å². The predicted octanol–water partition coefficient (Wildman–Crippen LogP) is 2.66. The highest BCUT2D eigenvalue weighted by Gasteiger charge is 2.37. The Hall–Kier alpha value is -2.28. The molecule has 2 aromatic carbocycles. The third-order valence-corrected chi connectivity index (χ3v) is 5.50. The lowest BCUT2D eigenvalue weighted by molar-refractivity contribution is 0.0625. The van der Waals surface area contributed by atoms with E-state index in [2.05, 4.69) is 0 Å². The quantitative estimate of drug-likeness (QED) is 0.564. The number of nitrogens with zero attached hydrogens (tertiary/aromatic N) is 1. The Balaban J connectivity index is 2.09. The Labute approximate surface area is 144 Å². The highest BCUT2D eigenvalue weighted by Crippen LogP contribution is 2.34. The van der Waals surface area contributed by atoms with E-state index in [4.69, 9.17) is 16.7 Å². The summed E-state index contributed by atoms with van der Waals surface area (Å²) in [6, 6.07) is 8.09. The number of β-amino-alcohol motifs (C(OH)–C–C–N with tert-alkyl or cyclic N) is 1. The minimum Gasteiger partial charge on any atom is -0.395 e. The van der Waals surface area contributed by atoms with Gasteiger partial charge in [-0.3, -0.25) is 19.3 Å². The summed E-state index contributed by atoms with van der Waals surface area (Å²) in [7, 11) is 0. The molecule has 3 aromatic rings. The number of imide groups is 1. The first-order valence-electron chi connectivity index (χ1n) is 7.19. The van der Waals surface area contributed by atoms with Crippen molar-refractivity contribution in [1.82, 2.24) is 4.90 Å². The molecule has 0 spiro atoms. The molecule has 0 atom stereocenters. The Morgan fingerprint density at radius 3 is 2.58 bits per heavy atom. The number of amides is 2. The molecule has 120 valence electrons. The van der Waals surface area contributed by atoms with E-state index in [1.54, 1.807) is 24.3 Å². The van der Waals surface area contributed by atoms with E-state index in [0.717, 1.165) is 4.90 Å². The fourth-order valence-corrected chi connectivity index (χ4v) is 4.32. The number of hydrogen-bond donors (Lipinski definition) is 1. The molecule has 0 saturated heterocycles. The van der Waals surface area contributed by atoms with Crippen LogP contribution in [0.4, 0.5) is 0 Å². The molecule has 24 heavy (non-hydrogen) atoms. The molecular weight excluding hydrogens is 350 g/mol. The van der Waals surface area contributed by atoms with Crippen LogP contribution in [-0.4, -0.2) is 35.0 Å². The average Bonchev–Trinajstić information content (AvgIpc) is 2.81. The molecule has 0 radical (unpaired) electrons. The van der Waals surface area contributed by atoms with Crippen LogP contribution < -0.4 is 5.43 Å². The zero-order chi connectivity index (χ0) is 17.0. The predicted molar refractivity (Wildman–Crippen MR) is 93.1 cm³/mol. The van der Waals surface area contributed by atoms with Gasteiger partial charge >= 0.3 is 0 Å². The molecule has 1 aliphatic heterocycles. The Bertz CT molecular complexity index is 1110. The first-order chi connectivity index (χ1) is 11.5. The summed E-state index contributed by atoms with van der Waals surface area (Å²) in [4.78, 5) is 38.7. The summed E-state index contributed by atoms with van der Waals surface area (Å²) in [5.41, 5.74) is 0.291. The largest absolute Gasteiger partial charge is 0.395 e. The van der Waals surface area contributed by atoms with Crippen LogP contribution in [0.15, 0.2) is 35.1 Å². The zero-order valence-electron chi connectivity index (χ0n) is 12.2. The standard InChI is InChI=1S/C17H10ClNO4S/c18-8-1-4-12-11(7-8)14(21)10-3-2-9-13(15(10)24-12)17(23)19(5-6-20)16(9)22/h1-4,7,20H,5-6H2. The van der Waals surface area contributed by atoms with Crippen LogP contribution in [0.2, 0.25) is 5.02 Å². The van der Waals surface area contributed by atoms with Gasteiger partial charge in [-0.15, -0.1) is 11.3 Å². The number of carbonyl (C=O) groups is 2. The summed E-state index contributed by atoms with van der Waals surface area (Å²) in [6.45, 7) is -0.368. The fourth-order valence-electron chi connectivity index (χ4n) is 2.96. The lowest BCUT2D eigenvalue weighted by atomic mass is 10.1. The molecule has 4 rings (SSSR count). The number of hydrogen-bond acceptors (Lipinski definition) is 5. The fraction of sp³-hybridized carbons (Fsp3) is 0.118. The van der Waals surface area contributed by atoms with E-state index < -0.39 is 11.8 Å². The molecule has 1 N–H and O–H groups in total. The van der Waals surface area contributed by atoms with E-state index in [1.165, 1.54) is 17.4 Å². The highest BCUT2D eigenvalue weighted by molar-refractivity contribution is 7.25. The van der Waals surface area contributed by atoms with E-state index >= 15 is 0 Å². The van der Waals surface area contributed by atoms with Gasteiger partial charge in [0.25, 0.3) is 11.8 Å². The third-order valence-electron chi connectivity index (χ3n) is 4.06. The molecule has 2 heterocycles. The molecule has 7 heteroatoms. The summed E-state index contributed by atoms with van der Waals surface area (Å²) in [6.07, 6.45) is 0. The lowest BCUT2D eigenvalue weighted by Crippen LogP contribution is -2.32. The lowest BCUT2D eigenvalue weighted by Gasteiger charge is -2.10. The number of rotatable bonds is 2. The van der Waals surface area contributed by atoms with Gasteiger partial charge in [0, 0.05) is 20.5 Å². The molecular formula is C17H10ClNO4S. The van der Waals surface area contributed by atoms with Gasteiger partial charge in [-0.05, 0) is 30.3 Å². The van der Waals surface area contributed by atoms with E-state index in [0.29, 0.717) is 25.2 Å². The maximum absolute atomic E-state index is 12.7. The SMILES string of the molecule is O=C1c2ccc3c(=O)c4cc(Cl)ccc4sc3c2C(=O)N1CCO. The molecule has 0 aliphatic carbocycles.